The summed E-state index contributed by atoms with van der Waals surface area (Å²) in [5.74, 6) is 0. The Labute approximate surface area is 143 Å². The fourth-order valence-corrected chi connectivity index (χ4v) is 4.32. The molecule has 0 radical (unpaired) electrons. The van der Waals surface area contributed by atoms with E-state index >= 15 is 0 Å². The zero-order valence-corrected chi connectivity index (χ0v) is 14.2. The summed E-state index contributed by atoms with van der Waals surface area (Å²) in [6.45, 7) is 0.627. The third-order valence-electron chi connectivity index (χ3n) is 3.32. The largest absolute Gasteiger partial charge is 0.383 e. The van der Waals surface area contributed by atoms with Gasteiger partial charge in [-0.3, -0.25) is 0 Å². The molecule has 2 aromatic heterocycles. The molecule has 0 aliphatic heterocycles. The number of aromatic nitrogens is 1. The molecule has 0 saturated carbocycles. The second kappa shape index (κ2) is 6.97. The van der Waals surface area contributed by atoms with Crippen molar-refractivity contribution < 1.29 is 8.42 Å². The van der Waals surface area contributed by atoms with Crippen LogP contribution in [-0.2, 0) is 10.0 Å². The fourth-order valence-electron chi connectivity index (χ4n) is 2.25. The number of para-hydroxylation sites is 1. The van der Waals surface area contributed by atoms with Crippen molar-refractivity contribution in [2.75, 3.05) is 18.4 Å². The zero-order chi connectivity index (χ0) is 17.0. The number of rotatable bonds is 6. The van der Waals surface area contributed by atoms with Crippen LogP contribution in [0.5, 0.6) is 0 Å². The van der Waals surface area contributed by atoms with Crippen molar-refractivity contribution in [1.29, 1.82) is 5.26 Å². The van der Waals surface area contributed by atoms with Gasteiger partial charge in [0.25, 0.3) is 0 Å². The highest BCUT2D eigenvalue weighted by Crippen LogP contribution is 2.22. The molecular weight excluding hydrogens is 344 g/mol. The molecule has 0 saturated heterocycles. The highest BCUT2D eigenvalue weighted by molar-refractivity contribution is 7.91. The van der Waals surface area contributed by atoms with E-state index in [1.807, 2.05) is 30.3 Å². The van der Waals surface area contributed by atoms with Crippen molar-refractivity contribution in [2.24, 2.45) is 0 Å². The Bertz CT molecular complexity index is 993. The summed E-state index contributed by atoms with van der Waals surface area (Å²) < 4.78 is 26.9. The van der Waals surface area contributed by atoms with Crippen LogP contribution in [0, 0.1) is 11.3 Å². The standard InChI is InChI=1S/C16H14N4O2S2/c17-11-12-10-15(13-4-1-2-5-14(13)20-12)18-7-8-19-24(21,22)16-6-3-9-23-16/h1-6,9-10,19H,7-8H2,(H,18,20). The number of fused-ring (bicyclic) bond motifs is 1. The summed E-state index contributed by atoms with van der Waals surface area (Å²) in [4.78, 5) is 4.24. The molecular formula is C16H14N4O2S2. The van der Waals surface area contributed by atoms with Gasteiger partial charge in [0.1, 0.15) is 16.0 Å². The summed E-state index contributed by atoms with van der Waals surface area (Å²) in [6.07, 6.45) is 0. The molecule has 122 valence electrons. The number of nitriles is 1. The minimum absolute atomic E-state index is 0.235. The molecule has 0 unspecified atom stereocenters. The number of hydrogen-bond acceptors (Lipinski definition) is 6. The summed E-state index contributed by atoms with van der Waals surface area (Å²) in [5, 5.41) is 14.8. The molecule has 8 heteroatoms. The molecule has 0 atom stereocenters. The number of nitrogens with one attached hydrogen (secondary N) is 2. The van der Waals surface area contributed by atoms with E-state index < -0.39 is 10.0 Å². The maximum atomic E-state index is 12.0. The second-order valence-electron chi connectivity index (χ2n) is 4.94. The van der Waals surface area contributed by atoms with Crippen molar-refractivity contribution in [3.05, 3.63) is 53.5 Å². The van der Waals surface area contributed by atoms with Gasteiger partial charge < -0.3 is 5.32 Å². The third-order valence-corrected chi connectivity index (χ3v) is 6.18. The molecule has 0 fully saturated rings. The molecule has 0 aliphatic rings. The predicted molar refractivity (Wildman–Crippen MR) is 94.5 cm³/mol. The van der Waals surface area contributed by atoms with E-state index in [-0.39, 0.29) is 6.54 Å². The molecule has 3 aromatic rings. The van der Waals surface area contributed by atoms with Crippen LogP contribution in [0.4, 0.5) is 5.69 Å². The Morgan fingerprint density at radius 1 is 1.17 bits per heavy atom. The van der Waals surface area contributed by atoms with Crippen LogP contribution in [0.3, 0.4) is 0 Å². The molecule has 24 heavy (non-hydrogen) atoms. The smallest absolute Gasteiger partial charge is 0.250 e. The number of nitrogens with zero attached hydrogens (tertiary/aromatic N) is 2. The normalized spacial score (nSPS) is 11.3. The van der Waals surface area contributed by atoms with Gasteiger partial charge in [-0.15, -0.1) is 11.3 Å². The van der Waals surface area contributed by atoms with E-state index in [1.165, 1.54) is 11.3 Å². The highest BCUT2D eigenvalue weighted by atomic mass is 32.2. The molecule has 2 N–H and O–H groups in total. The van der Waals surface area contributed by atoms with Crippen molar-refractivity contribution in [3.8, 4) is 6.07 Å². The van der Waals surface area contributed by atoms with E-state index in [2.05, 4.69) is 15.0 Å². The number of thiophene rings is 1. The van der Waals surface area contributed by atoms with Crippen LogP contribution in [0.15, 0.2) is 52.1 Å². The van der Waals surface area contributed by atoms with Gasteiger partial charge in [-0.2, -0.15) is 5.26 Å². The summed E-state index contributed by atoms with van der Waals surface area (Å²) in [5.41, 5.74) is 1.79. The summed E-state index contributed by atoms with van der Waals surface area (Å²) in [7, 11) is -3.46. The third kappa shape index (κ3) is 3.54. The Morgan fingerprint density at radius 3 is 2.75 bits per heavy atom. The van der Waals surface area contributed by atoms with E-state index in [1.54, 1.807) is 23.6 Å². The fraction of sp³-hybridized carbons (Fsp3) is 0.125. The molecule has 0 spiro atoms. The monoisotopic (exact) mass is 358 g/mol. The molecule has 6 nitrogen and oxygen atoms in total. The first-order valence-electron chi connectivity index (χ1n) is 7.17. The number of hydrogen-bond donors (Lipinski definition) is 2. The van der Waals surface area contributed by atoms with Gasteiger partial charge in [0.05, 0.1) is 5.52 Å². The van der Waals surface area contributed by atoms with E-state index in [9.17, 15) is 8.42 Å². The quantitative estimate of drug-likeness (QED) is 0.660. The second-order valence-corrected chi connectivity index (χ2v) is 7.88. The lowest BCUT2D eigenvalue weighted by atomic mass is 10.1. The lowest BCUT2D eigenvalue weighted by molar-refractivity contribution is 0.585. The van der Waals surface area contributed by atoms with E-state index in [0.29, 0.717) is 16.4 Å². The van der Waals surface area contributed by atoms with Crippen molar-refractivity contribution >= 4 is 38.0 Å². The average Bonchev–Trinajstić information content (AvgIpc) is 3.14. The van der Waals surface area contributed by atoms with Crippen molar-refractivity contribution in [1.82, 2.24) is 9.71 Å². The molecule has 2 heterocycles. The number of pyridine rings is 1. The number of sulfonamides is 1. The molecule has 0 bridgehead atoms. The first-order chi connectivity index (χ1) is 11.6. The van der Waals surface area contributed by atoms with Gasteiger partial charge >= 0.3 is 0 Å². The Morgan fingerprint density at radius 2 is 2.00 bits per heavy atom. The topological polar surface area (TPSA) is 94.9 Å². The van der Waals surface area contributed by atoms with Crippen molar-refractivity contribution in [3.63, 3.8) is 0 Å². The molecule has 3 rings (SSSR count). The molecule has 0 amide bonds. The Hall–Kier alpha value is -2.47. The number of anilines is 1. The first-order valence-corrected chi connectivity index (χ1v) is 9.53. The van der Waals surface area contributed by atoms with Gasteiger partial charge in [-0.25, -0.2) is 18.1 Å². The van der Waals surface area contributed by atoms with Crippen molar-refractivity contribution in [2.45, 2.75) is 4.21 Å². The van der Waals surface area contributed by atoms with E-state index in [4.69, 9.17) is 5.26 Å². The van der Waals surface area contributed by atoms with Crippen LogP contribution in [0.25, 0.3) is 10.9 Å². The summed E-state index contributed by atoms with van der Waals surface area (Å²) in [6, 6.07) is 14.4. The maximum absolute atomic E-state index is 12.0. The van der Waals surface area contributed by atoms with Gasteiger partial charge in [-0.1, -0.05) is 24.3 Å². The van der Waals surface area contributed by atoms with Crippen LogP contribution in [-0.4, -0.2) is 26.5 Å². The van der Waals surface area contributed by atoms with Crippen LogP contribution >= 0.6 is 11.3 Å². The lowest BCUT2D eigenvalue weighted by Crippen LogP contribution is -2.28. The first kappa shape index (κ1) is 16.4. The number of benzene rings is 1. The molecule has 1 aromatic carbocycles. The highest BCUT2D eigenvalue weighted by Gasteiger charge is 2.14. The predicted octanol–water partition coefficient (Wildman–Crippen LogP) is 2.56. The van der Waals surface area contributed by atoms with Crippen LogP contribution in [0.1, 0.15) is 5.69 Å². The van der Waals surface area contributed by atoms with Gasteiger partial charge in [-0.05, 0) is 23.6 Å². The summed E-state index contributed by atoms with van der Waals surface area (Å²) >= 11 is 1.18. The van der Waals surface area contributed by atoms with Gasteiger partial charge in [0.15, 0.2) is 0 Å². The van der Waals surface area contributed by atoms with Crippen LogP contribution < -0.4 is 10.0 Å². The van der Waals surface area contributed by atoms with Gasteiger partial charge in [0.2, 0.25) is 10.0 Å². The Balaban J connectivity index is 1.69. The average molecular weight is 358 g/mol. The zero-order valence-electron chi connectivity index (χ0n) is 12.6. The van der Waals surface area contributed by atoms with Crippen LogP contribution in [0.2, 0.25) is 0 Å². The maximum Gasteiger partial charge on any atom is 0.250 e. The Kier molecular flexibility index (Phi) is 4.76. The van der Waals surface area contributed by atoms with Gasteiger partial charge in [0, 0.05) is 24.2 Å². The minimum atomic E-state index is -3.46. The molecule has 0 aliphatic carbocycles. The van der Waals surface area contributed by atoms with E-state index in [0.717, 1.165) is 16.6 Å². The lowest BCUT2D eigenvalue weighted by Gasteiger charge is -2.10. The SMILES string of the molecule is N#Cc1cc(NCCNS(=O)(=O)c2cccs2)c2ccccc2n1. The minimum Gasteiger partial charge on any atom is -0.383 e.